The molecule has 0 bridgehead atoms. The van der Waals surface area contributed by atoms with Crippen LogP contribution >= 0.6 is 11.5 Å². The molecule has 0 radical (unpaired) electrons. The predicted octanol–water partition coefficient (Wildman–Crippen LogP) is 2.73. The van der Waals surface area contributed by atoms with Gasteiger partial charge in [-0.1, -0.05) is 12.1 Å². The molecular weight excluding hydrogens is 262 g/mol. The number of hydrogen-bond acceptors (Lipinski definition) is 6. The number of methoxy groups -OCH3 is 1. The molecule has 1 N–H and O–H groups in total. The van der Waals surface area contributed by atoms with Crippen LogP contribution in [-0.2, 0) is 0 Å². The first kappa shape index (κ1) is 13.6. The zero-order valence-electron chi connectivity index (χ0n) is 11.2. The molecule has 0 aliphatic rings. The smallest absolute Gasteiger partial charge is 0.202 e. The van der Waals surface area contributed by atoms with Gasteiger partial charge in [0.2, 0.25) is 5.13 Å². The Morgan fingerprint density at radius 3 is 2.68 bits per heavy atom. The Labute approximate surface area is 116 Å². The molecule has 1 aromatic heterocycles. The average molecular weight is 279 g/mol. The van der Waals surface area contributed by atoms with Gasteiger partial charge in [0.1, 0.15) is 11.9 Å². The Kier molecular flexibility index (Phi) is 4.57. The molecule has 1 heterocycles. The maximum Gasteiger partial charge on any atom is 0.202 e. The molecule has 5 nitrogen and oxygen atoms in total. The first-order valence-electron chi connectivity index (χ1n) is 6.03. The number of ether oxygens (including phenoxy) is 2. The van der Waals surface area contributed by atoms with E-state index in [2.05, 4.69) is 14.7 Å². The van der Waals surface area contributed by atoms with Crippen LogP contribution in [-0.4, -0.2) is 29.1 Å². The first-order valence-corrected chi connectivity index (χ1v) is 6.80. The number of benzene rings is 1. The molecule has 102 valence electrons. The second-order valence-electron chi connectivity index (χ2n) is 4.11. The van der Waals surface area contributed by atoms with Crippen LogP contribution in [0.5, 0.6) is 11.5 Å². The van der Waals surface area contributed by atoms with Crippen molar-refractivity contribution in [3.8, 4) is 11.5 Å². The summed E-state index contributed by atoms with van der Waals surface area (Å²) in [5, 5.41) is 4.02. The van der Waals surface area contributed by atoms with Crippen LogP contribution in [0.1, 0.15) is 12.7 Å². The highest BCUT2D eigenvalue weighted by Crippen LogP contribution is 2.26. The molecule has 6 heteroatoms. The third kappa shape index (κ3) is 3.82. The lowest BCUT2D eigenvalue weighted by molar-refractivity contribution is 0.223. The van der Waals surface area contributed by atoms with Crippen LogP contribution in [0.15, 0.2) is 24.3 Å². The zero-order valence-corrected chi connectivity index (χ0v) is 12.0. The average Bonchev–Trinajstić information content (AvgIpc) is 2.83. The van der Waals surface area contributed by atoms with Crippen molar-refractivity contribution in [2.24, 2.45) is 0 Å². The van der Waals surface area contributed by atoms with Crippen LogP contribution in [0, 0.1) is 6.92 Å². The second kappa shape index (κ2) is 6.38. The lowest BCUT2D eigenvalue weighted by Crippen LogP contribution is -2.22. The summed E-state index contributed by atoms with van der Waals surface area (Å²) in [6.45, 7) is 4.52. The number of nitrogens with one attached hydrogen (secondary N) is 1. The third-order valence-corrected chi connectivity index (χ3v) is 3.23. The van der Waals surface area contributed by atoms with Gasteiger partial charge in [-0.3, -0.25) is 0 Å². The molecule has 0 saturated carbocycles. The molecule has 19 heavy (non-hydrogen) atoms. The van der Waals surface area contributed by atoms with E-state index >= 15 is 0 Å². The van der Waals surface area contributed by atoms with E-state index in [-0.39, 0.29) is 6.10 Å². The van der Waals surface area contributed by atoms with Crippen LogP contribution in [0.4, 0.5) is 5.13 Å². The maximum absolute atomic E-state index is 5.83. The molecule has 0 fully saturated rings. The molecule has 0 amide bonds. The minimum absolute atomic E-state index is 0.000469. The van der Waals surface area contributed by atoms with Crippen molar-refractivity contribution in [1.82, 2.24) is 9.36 Å². The van der Waals surface area contributed by atoms with Gasteiger partial charge in [-0.15, -0.1) is 0 Å². The summed E-state index contributed by atoms with van der Waals surface area (Å²) >= 11 is 1.35. The van der Waals surface area contributed by atoms with Gasteiger partial charge in [0.25, 0.3) is 0 Å². The first-order chi connectivity index (χ1) is 9.19. The van der Waals surface area contributed by atoms with E-state index in [1.165, 1.54) is 11.5 Å². The Morgan fingerprint density at radius 2 is 2.05 bits per heavy atom. The summed E-state index contributed by atoms with van der Waals surface area (Å²) < 4.78 is 15.2. The Balaban J connectivity index is 1.88. The van der Waals surface area contributed by atoms with E-state index in [1.807, 2.05) is 38.1 Å². The van der Waals surface area contributed by atoms with Gasteiger partial charge in [0, 0.05) is 11.5 Å². The van der Waals surface area contributed by atoms with Crippen molar-refractivity contribution < 1.29 is 9.47 Å². The summed E-state index contributed by atoms with van der Waals surface area (Å²) in [6, 6.07) is 7.61. The quantitative estimate of drug-likeness (QED) is 0.881. The highest BCUT2D eigenvalue weighted by Gasteiger charge is 2.09. The van der Waals surface area contributed by atoms with Crippen molar-refractivity contribution in [3.05, 3.63) is 30.1 Å². The van der Waals surface area contributed by atoms with Gasteiger partial charge in [-0.25, -0.2) is 4.98 Å². The Morgan fingerprint density at radius 1 is 1.32 bits per heavy atom. The van der Waals surface area contributed by atoms with Crippen molar-refractivity contribution in [2.75, 3.05) is 19.0 Å². The van der Waals surface area contributed by atoms with Crippen molar-refractivity contribution in [2.45, 2.75) is 20.0 Å². The molecule has 2 rings (SSSR count). The van der Waals surface area contributed by atoms with E-state index in [0.717, 1.165) is 22.5 Å². The van der Waals surface area contributed by atoms with E-state index in [9.17, 15) is 0 Å². The molecule has 0 aliphatic heterocycles. The van der Waals surface area contributed by atoms with Crippen molar-refractivity contribution >= 4 is 16.7 Å². The summed E-state index contributed by atoms with van der Waals surface area (Å²) in [4.78, 5) is 4.24. The van der Waals surface area contributed by atoms with Gasteiger partial charge >= 0.3 is 0 Å². The third-order valence-electron chi connectivity index (χ3n) is 2.47. The minimum Gasteiger partial charge on any atom is -0.493 e. The fourth-order valence-electron chi connectivity index (χ4n) is 1.57. The summed E-state index contributed by atoms with van der Waals surface area (Å²) in [5.74, 6) is 2.26. The van der Waals surface area contributed by atoms with Crippen LogP contribution < -0.4 is 14.8 Å². The summed E-state index contributed by atoms with van der Waals surface area (Å²) in [7, 11) is 1.63. The van der Waals surface area contributed by atoms with E-state index in [0.29, 0.717) is 6.54 Å². The molecular formula is C13H17N3O2S. The topological polar surface area (TPSA) is 56.3 Å². The van der Waals surface area contributed by atoms with Gasteiger partial charge in [0.05, 0.1) is 13.7 Å². The van der Waals surface area contributed by atoms with Crippen molar-refractivity contribution in [3.63, 3.8) is 0 Å². The summed E-state index contributed by atoms with van der Waals surface area (Å²) in [6.07, 6.45) is 0.000469. The van der Waals surface area contributed by atoms with Gasteiger partial charge in [-0.2, -0.15) is 4.37 Å². The molecule has 2 aromatic rings. The molecule has 1 atom stereocenters. The van der Waals surface area contributed by atoms with Crippen LogP contribution in [0.3, 0.4) is 0 Å². The SMILES string of the molecule is COc1ccccc1OC(C)CNc1nc(C)ns1. The maximum atomic E-state index is 5.83. The largest absolute Gasteiger partial charge is 0.493 e. The second-order valence-corrected chi connectivity index (χ2v) is 4.86. The fourth-order valence-corrected chi connectivity index (χ4v) is 2.15. The molecule has 1 aromatic carbocycles. The van der Waals surface area contributed by atoms with E-state index in [1.54, 1.807) is 7.11 Å². The van der Waals surface area contributed by atoms with Gasteiger partial charge in [0.15, 0.2) is 11.5 Å². The number of anilines is 1. The standard InChI is InChI=1S/C13H17N3O2S/c1-9(8-14-13-15-10(2)16-19-13)18-12-7-5-4-6-11(12)17-3/h4-7,9H,8H2,1-3H3,(H,14,15,16). The zero-order chi connectivity index (χ0) is 13.7. The number of rotatable bonds is 6. The fraction of sp³-hybridized carbons (Fsp3) is 0.385. The van der Waals surface area contributed by atoms with E-state index in [4.69, 9.17) is 9.47 Å². The predicted molar refractivity (Wildman–Crippen MR) is 76.2 cm³/mol. The number of hydrogen-bond donors (Lipinski definition) is 1. The number of nitrogens with zero attached hydrogens (tertiary/aromatic N) is 2. The highest BCUT2D eigenvalue weighted by atomic mass is 32.1. The number of aromatic nitrogens is 2. The molecule has 0 spiro atoms. The van der Waals surface area contributed by atoms with Gasteiger partial charge < -0.3 is 14.8 Å². The highest BCUT2D eigenvalue weighted by molar-refractivity contribution is 7.09. The molecule has 0 saturated heterocycles. The normalized spacial score (nSPS) is 11.9. The number of para-hydroxylation sites is 2. The van der Waals surface area contributed by atoms with Gasteiger partial charge in [-0.05, 0) is 26.0 Å². The van der Waals surface area contributed by atoms with Crippen LogP contribution in [0.25, 0.3) is 0 Å². The minimum atomic E-state index is 0.000469. The monoisotopic (exact) mass is 279 g/mol. The van der Waals surface area contributed by atoms with E-state index < -0.39 is 0 Å². The lowest BCUT2D eigenvalue weighted by atomic mass is 10.3. The summed E-state index contributed by atoms with van der Waals surface area (Å²) in [5.41, 5.74) is 0. The Hall–Kier alpha value is -1.82. The van der Waals surface area contributed by atoms with Crippen molar-refractivity contribution in [1.29, 1.82) is 0 Å². The number of aryl methyl sites for hydroxylation is 1. The van der Waals surface area contributed by atoms with Crippen LogP contribution in [0.2, 0.25) is 0 Å². The lowest BCUT2D eigenvalue weighted by Gasteiger charge is -2.16. The molecule has 0 aliphatic carbocycles. The Bertz CT molecular complexity index is 530. The molecule has 1 unspecified atom stereocenters.